The van der Waals surface area contributed by atoms with Crippen LogP contribution in [-0.2, 0) is 16.1 Å². The Labute approximate surface area is 160 Å². The van der Waals surface area contributed by atoms with Crippen LogP contribution in [0.2, 0.25) is 0 Å². The summed E-state index contributed by atoms with van der Waals surface area (Å²) in [6.07, 6.45) is 4.86. The first-order chi connectivity index (χ1) is 13.2. The molecule has 27 heavy (non-hydrogen) atoms. The summed E-state index contributed by atoms with van der Waals surface area (Å²) in [6, 6.07) is 18.1. The van der Waals surface area contributed by atoms with Gasteiger partial charge in [0.2, 0.25) is 5.91 Å². The summed E-state index contributed by atoms with van der Waals surface area (Å²) >= 11 is 0. The lowest BCUT2D eigenvalue weighted by atomic mass is 9.95. The van der Waals surface area contributed by atoms with E-state index in [1.165, 1.54) is 6.42 Å². The van der Waals surface area contributed by atoms with Crippen LogP contribution >= 0.6 is 0 Å². The average molecular weight is 366 g/mol. The van der Waals surface area contributed by atoms with Gasteiger partial charge in [0.1, 0.15) is 12.6 Å². The molecular formula is C22H26N2O3. The van der Waals surface area contributed by atoms with Gasteiger partial charge in [0, 0.05) is 6.04 Å². The zero-order valence-electron chi connectivity index (χ0n) is 15.4. The summed E-state index contributed by atoms with van der Waals surface area (Å²) in [7, 11) is 0. The molecular weight excluding hydrogens is 340 g/mol. The summed E-state index contributed by atoms with van der Waals surface area (Å²) in [5.74, 6) is -0.190. The number of carbonyl (C=O) groups excluding carboxylic acids is 2. The van der Waals surface area contributed by atoms with E-state index < -0.39 is 12.1 Å². The molecule has 1 fully saturated rings. The van der Waals surface area contributed by atoms with Crippen molar-refractivity contribution in [3.63, 3.8) is 0 Å². The second-order valence-corrected chi connectivity index (χ2v) is 6.89. The van der Waals surface area contributed by atoms with Crippen molar-refractivity contribution in [2.24, 2.45) is 0 Å². The molecule has 2 N–H and O–H groups in total. The maximum Gasteiger partial charge on any atom is 0.408 e. The number of benzene rings is 2. The molecule has 0 saturated heterocycles. The number of hydrogen-bond acceptors (Lipinski definition) is 3. The van der Waals surface area contributed by atoms with Crippen LogP contribution < -0.4 is 10.6 Å². The van der Waals surface area contributed by atoms with Gasteiger partial charge in [0.05, 0.1) is 0 Å². The Hall–Kier alpha value is -2.82. The molecule has 2 amide bonds. The molecule has 5 nitrogen and oxygen atoms in total. The molecule has 1 aliphatic carbocycles. The highest BCUT2D eigenvalue weighted by Crippen LogP contribution is 2.19. The fraction of sp³-hybridized carbons (Fsp3) is 0.364. The van der Waals surface area contributed by atoms with Crippen LogP contribution in [0, 0.1) is 0 Å². The number of nitrogens with one attached hydrogen (secondary N) is 2. The first-order valence-electron chi connectivity index (χ1n) is 9.55. The maximum absolute atomic E-state index is 12.8. The van der Waals surface area contributed by atoms with Crippen molar-refractivity contribution in [3.8, 4) is 0 Å². The topological polar surface area (TPSA) is 67.4 Å². The summed E-state index contributed by atoms with van der Waals surface area (Å²) in [5, 5.41) is 5.81. The third-order valence-corrected chi connectivity index (χ3v) is 4.82. The lowest BCUT2D eigenvalue weighted by molar-refractivity contribution is -0.124. The van der Waals surface area contributed by atoms with Crippen LogP contribution in [0.4, 0.5) is 4.79 Å². The summed E-state index contributed by atoms with van der Waals surface area (Å²) in [6.45, 7) is 0.165. The first kappa shape index (κ1) is 19.0. The molecule has 1 aliphatic rings. The van der Waals surface area contributed by atoms with E-state index in [9.17, 15) is 9.59 Å². The highest BCUT2D eigenvalue weighted by atomic mass is 16.5. The SMILES string of the molecule is O=C(N[C@H](C(=O)NC1CCCCC1)c1ccccc1)OCc1ccccc1. The van der Waals surface area contributed by atoms with E-state index in [4.69, 9.17) is 4.74 Å². The minimum Gasteiger partial charge on any atom is -0.445 e. The van der Waals surface area contributed by atoms with Crippen molar-refractivity contribution in [2.75, 3.05) is 0 Å². The van der Waals surface area contributed by atoms with E-state index >= 15 is 0 Å². The lowest BCUT2D eigenvalue weighted by Gasteiger charge is -2.26. The molecule has 2 aromatic carbocycles. The van der Waals surface area contributed by atoms with Crippen LogP contribution in [0.15, 0.2) is 60.7 Å². The maximum atomic E-state index is 12.8. The summed E-state index contributed by atoms with van der Waals surface area (Å²) in [4.78, 5) is 25.1. The quantitative estimate of drug-likeness (QED) is 0.809. The Kier molecular flexibility index (Phi) is 6.85. The second-order valence-electron chi connectivity index (χ2n) is 6.89. The first-order valence-corrected chi connectivity index (χ1v) is 9.55. The summed E-state index contributed by atoms with van der Waals surface area (Å²) in [5.41, 5.74) is 1.64. The average Bonchev–Trinajstić information content (AvgIpc) is 2.72. The lowest BCUT2D eigenvalue weighted by Crippen LogP contribution is -2.45. The minimum atomic E-state index is -0.767. The largest absolute Gasteiger partial charge is 0.445 e. The zero-order valence-corrected chi connectivity index (χ0v) is 15.4. The van der Waals surface area contributed by atoms with Gasteiger partial charge < -0.3 is 15.4 Å². The van der Waals surface area contributed by atoms with Crippen molar-refractivity contribution >= 4 is 12.0 Å². The fourth-order valence-corrected chi connectivity index (χ4v) is 3.36. The normalized spacial score (nSPS) is 15.6. The monoisotopic (exact) mass is 366 g/mol. The molecule has 5 heteroatoms. The van der Waals surface area contributed by atoms with Gasteiger partial charge >= 0.3 is 6.09 Å². The van der Waals surface area contributed by atoms with E-state index in [0.717, 1.165) is 36.8 Å². The third-order valence-electron chi connectivity index (χ3n) is 4.82. The molecule has 142 valence electrons. The second kappa shape index (κ2) is 9.76. The van der Waals surface area contributed by atoms with Gasteiger partial charge in [-0.2, -0.15) is 0 Å². The van der Waals surface area contributed by atoms with E-state index in [2.05, 4.69) is 10.6 Å². The van der Waals surface area contributed by atoms with Crippen molar-refractivity contribution in [1.82, 2.24) is 10.6 Å². The molecule has 0 aromatic heterocycles. The van der Waals surface area contributed by atoms with Gasteiger partial charge in [-0.1, -0.05) is 79.9 Å². The van der Waals surface area contributed by atoms with Gasteiger partial charge in [0.15, 0.2) is 0 Å². The van der Waals surface area contributed by atoms with Crippen LogP contribution in [-0.4, -0.2) is 18.0 Å². The van der Waals surface area contributed by atoms with Crippen LogP contribution in [0.25, 0.3) is 0 Å². The Morgan fingerprint density at radius 3 is 2.22 bits per heavy atom. The Morgan fingerprint density at radius 1 is 0.926 bits per heavy atom. The smallest absolute Gasteiger partial charge is 0.408 e. The predicted molar refractivity (Wildman–Crippen MR) is 104 cm³/mol. The Bertz CT molecular complexity index is 728. The number of rotatable bonds is 6. The number of alkyl carbamates (subject to hydrolysis) is 1. The highest BCUT2D eigenvalue weighted by molar-refractivity contribution is 5.87. The van der Waals surface area contributed by atoms with Gasteiger partial charge in [-0.3, -0.25) is 4.79 Å². The number of ether oxygens (including phenoxy) is 1. The minimum absolute atomic E-state index is 0.165. The molecule has 0 spiro atoms. The zero-order chi connectivity index (χ0) is 18.9. The van der Waals surface area contributed by atoms with Crippen LogP contribution in [0.5, 0.6) is 0 Å². The third kappa shape index (κ3) is 5.84. The molecule has 0 unspecified atom stereocenters. The standard InChI is InChI=1S/C22H26N2O3/c25-21(23-19-14-8-3-9-15-19)20(18-12-6-2-7-13-18)24-22(26)27-16-17-10-4-1-5-11-17/h1-2,4-7,10-13,19-20H,3,8-9,14-16H2,(H,23,25)(H,24,26)/t20-/m0/s1. The Morgan fingerprint density at radius 2 is 1.56 bits per heavy atom. The van der Waals surface area contributed by atoms with E-state index in [1.807, 2.05) is 60.7 Å². The van der Waals surface area contributed by atoms with Crippen LogP contribution in [0.1, 0.15) is 49.3 Å². The number of hydrogen-bond donors (Lipinski definition) is 2. The van der Waals surface area contributed by atoms with E-state index in [-0.39, 0.29) is 18.6 Å². The van der Waals surface area contributed by atoms with Crippen molar-refractivity contribution < 1.29 is 14.3 Å². The molecule has 1 atom stereocenters. The molecule has 0 radical (unpaired) electrons. The van der Waals surface area contributed by atoms with Crippen molar-refractivity contribution in [1.29, 1.82) is 0 Å². The van der Waals surface area contributed by atoms with E-state index in [0.29, 0.717) is 0 Å². The van der Waals surface area contributed by atoms with Gasteiger partial charge in [-0.05, 0) is 24.0 Å². The Balaban J connectivity index is 1.62. The predicted octanol–water partition coefficient (Wildman–Crippen LogP) is 4.10. The van der Waals surface area contributed by atoms with Gasteiger partial charge in [-0.15, -0.1) is 0 Å². The van der Waals surface area contributed by atoms with E-state index in [1.54, 1.807) is 0 Å². The van der Waals surface area contributed by atoms with Crippen molar-refractivity contribution in [2.45, 2.75) is 50.8 Å². The molecule has 0 aliphatic heterocycles. The number of carbonyl (C=O) groups is 2. The van der Waals surface area contributed by atoms with Crippen LogP contribution in [0.3, 0.4) is 0 Å². The van der Waals surface area contributed by atoms with Gasteiger partial charge in [-0.25, -0.2) is 4.79 Å². The number of amides is 2. The molecule has 0 heterocycles. The molecule has 0 bridgehead atoms. The molecule has 3 rings (SSSR count). The fourth-order valence-electron chi connectivity index (χ4n) is 3.36. The van der Waals surface area contributed by atoms with Crippen molar-refractivity contribution in [3.05, 3.63) is 71.8 Å². The van der Waals surface area contributed by atoms with Gasteiger partial charge in [0.25, 0.3) is 0 Å². The molecule has 2 aromatic rings. The summed E-state index contributed by atoms with van der Waals surface area (Å²) < 4.78 is 5.29. The highest BCUT2D eigenvalue weighted by Gasteiger charge is 2.26. The molecule has 1 saturated carbocycles.